The molecular weight excluding hydrogens is 284 g/mol. The van der Waals surface area contributed by atoms with E-state index in [4.69, 9.17) is 4.74 Å². The highest BCUT2D eigenvalue weighted by molar-refractivity contribution is 7.12. The molecule has 0 amide bonds. The maximum atomic E-state index is 12.2. The van der Waals surface area contributed by atoms with Crippen molar-refractivity contribution in [2.75, 3.05) is 7.11 Å². The van der Waals surface area contributed by atoms with Gasteiger partial charge in [-0.05, 0) is 46.9 Å². The standard InChI is InChI=1S/C16H14N2O2S/c1-20-14-5-2-11(3-6-14)8-13(19)9-12-4-7-15-16(10-12)21-18-17-15/h2-7,10H,8-9H2,1H3. The normalized spacial score (nSPS) is 10.7. The minimum absolute atomic E-state index is 0.192. The van der Waals surface area contributed by atoms with Crippen molar-refractivity contribution in [3.05, 3.63) is 53.6 Å². The number of fused-ring (bicyclic) bond motifs is 1. The zero-order valence-corrected chi connectivity index (χ0v) is 12.4. The van der Waals surface area contributed by atoms with E-state index >= 15 is 0 Å². The van der Waals surface area contributed by atoms with Crippen molar-refractivity contribution < 1.29 is 9.53 Å². The molecule has 106 valence electrons. The second-order valence-corrected chi connectivity index (χ2v) is 5.60. The number of hydrogen-bond acceptors (Lipinski definition) is 5. The molecule has 0 radical (unpaired) electrons. The quantitative estimate of drug-likeness (QED) is 0.726. The molecule has 0 spiro atoms. The largest absolute Gasteiger partial charge is 0.497 e. The monoisotopic (exact) mass is 298 g/mol. The Morgan fingerprint density at radius 1 is 1.10 bits per heavy atom. The summed E-state index contributed by atoms with van der Waals surface area (Å²) >= 11 is 1.35. The van der Waals surface area contributed by atoms with Gasteiger partial charge in [0.1, 0.15) is 17.0 Å². The highest BCUT2D eigenvalue weighted by Crippen LogP contribution is 2.18. The van der Waals surface area contributed by atoms with Crippen LogP contribution in [0.5, 0.6) is 5.75 Å². The number of ether oxygens (including phenoxy) is 1. The summed E-state index contributed by atoms with van der Waals surface area (Å²) in [6.45, 7) is 0. The maximum Gasteiger partial charge on any atom is 0.141 e. The highest BCUT2D eigenvalue weighted by Gasteiger charge is 2.07. The lowest BCUT2D eigenvalue weighted by molar-refractivity contribution is -0.117. The Morgan fingerprint density at radius 2 is 1.81 bits per heavy atom. The minimum Gasteiger partial charge on any atom is -0.497 e. The molecule has 4 nitrogen and oxygen atoms in total. The molecule has 3 aromatic rings. The molecule has 0 aliphatic rings. The Hall–Kier alpha value is -2.27. The van der Waals surface area contributed by atoms with Crippen LogP contribution < -0.4 is 4.74 Å². The van der Waals surface area contributed by atoms with E-state index in [-0.39, 0.29) is 5.78 Å². The molecule has 0 atom stereocenters. The fourth-order valence-electron chi connectivity index (χ4n) is 2.19. The van der Waals surface area contributed by atoms with Crippen LogP contribution in [0.25, 0.3) is 10.2 Å². The number of hydrogen-bond donors (Lipinski definition) is 0. The number of ketones is 1. The number of carbonyl (C=O) groups is 1. The van der Waals surface area contributed by atoms with E-state index in [1.165, 1.54) is 11.5 Å². The Kier molecular flexibility index (Phi) is 3.92. The third kappa shape index (κ3) is 3.25. The van der Waals surface area contributed by atoms with Crippen molar-refractivity contribution in [2.45, 2.75) is 12.8 Å². The van der Waals surface area contributed by atoms with Crippen molar-refractivity contribution >= 4 is 27.5 Å². The van der Waals surface area contributed by atoms with Crippen LogP contribution in [0.1, 0.15) is 11.1 Å². The first-order valence-electron chi connectivity index (χ1n) is 6.60. The van der Waals surface area contributed by atoms with Crippen molar-refractivity contribution in [1.82, 2.24) is 9.59 Å². The molecule has 0 unspecified atom stereocenters. The lowest BCUT2D eigenvalue weighted by Crippen LogP contribution is -2.06. The van der Waals surface area contributed by atoms with Crippen LogP contribution in [0.2, 0.25) is 0 Å². The van der Waals surface area contributed by atoms with Crippen LogP contribution in [-0.4, -0.2) is 22.5 Å². The first kappa shape index (κ1) is 13.7. The summed E-state index contributed by atoms with van der Waals surface area (Å²) in [5.41, 5.74) is 2.89. The van der Waals surface area contributed by atoms with Crippen LogP contribution in [0, 0.1) is 0 Å². The number of rotatable bonds is 5. The van der Waals surface area contributed by atoms with Crippen LogP contribution in [-0.2, 0) is 17.6 Å². The van der Waals surface area contributed by atoms with E-state index in [1.54, 1.807) is 7.11 Å². The van der Waals surface area contributed by atoms with E-state index in [0.29, 0.717) is 12.8 Å². The van der Waals surface area contributed by atoms with Crippen molar-refractivity contribution in [3.8, 4) is 5.75 Å². The molecule has 1 heterocycles. The number of methoxy groups -OCH3 is 1. The molecule has 3 rings (SSSR count). The van der Waals surface area contributed by atoms with Gasteiger partial charge in [-0.3, -0.25) is 4.79 Å². The zero-order valence-electron chi connectivity index (χ0n) is 11.6. The molecular formula is C16H14N2O2S. The fraction of sp³-hybridized carbons (Fsp3) is 0.188. The lowest BCUT2D eigenvalue weighted by atomic mass is 10.0. The summed E-state index contributed by atoms with van der Waals surface area (Å²) in [6.07, 6.45) is 0.864. The Morgan fingerprint density at radius 3 is 2.57 bits per heavy atom. The third-order valence-electron chi connectivity index (χ3n) is 3.27. The van der Waals surface area contributed by atoms with Crippen molar-refractivity contribution in [3.63, 3.8) is 0 Å². The summed E-state index contributed by atoms with van der Waals surface area (Å²) < 4.78 is 10.0. The SMILES string of the molecule is COc1ccc(CC(=O)Cc2ccc3nnsc3c2)cc1. The van der Waals surface area contributed by atoms with Gasteiger partial charge in [0, 0.05) is 12.8 Å². The number of nitrogens with zero attached hydrogens (tertiary/aromatic N) is 2. The predicted octanol–water partition coefficient (Wildman–Crippen LogP) is 3.05. The summed E-state index contributed by atoms with van der Waals surface area (Å²) in [4.78, 5) is 12.2. The topological polar surface area (TPSA) is 52.1 Å². The van der Waals surface area contributed by atoms with E-state index in [1.807, 2.05) is 42.5 Å². The Balaban J connectivity index is 1.67. The lowest BCUT2D eigenvalue weighted by Gasteiger charge is -2.04. The van der Waals surface area contributed by atoms with Crippen molar-refractivity contribution in [1.29, 1.82) is 0 Å². The first-order valence-corrected chi connectivity index (χ1v) is 7.37. The van der Waals surface area contributed by atoms with Gasteiger partial charge in [-0.15, -0.1) is 5.10 Å². The van der Waals surface area contributed by atoms with Gasteiger partial charge in [0.15, 0.2) is 0 Å². The molecule has 5 heteroatoms. The van der Waals surface area contributed by atoms with Crippen LogP contribution >= 0.6 is 11.5 Å². The molecule has 0 saturated carbocycles. The van der Waals surface area contributed by atoms with Gasteiger partial charge >= 0.3 is 0 Å². The zero-order chi connectivity index (χ0) is 14.7. The summed E-state index contributed by atoms with van der Waals surface area (Å²) in [5.74, 6) is 0.992. The van der Waals surface area contributed by atoms with Crippen LogP contribution in [0.3, 0.4) is 0 Å². The van der Waals surface area contributed by atoms with Gasteiger partial charge in [-0.1, -0.05) is 22.7 Å². The van der Waals surface area contributed by atoms with E-state index < -0.39 is 0 Å². The minimum atomic E-state index is 0.192. The van der Waals surface area contributed by atoms with E-state index in [0.717, 1.165) is 27.1 Å². The average molecular weight is 298 g/mol. The summed E-state index contributed by atoms with van der Waals surface area (Å²) in [6, 6.07) is 13.4. The van der Waals surface area contributed by atoms with E-state index in [2.05, 4.69) is 9.59 Å². The van der Waals surface area contributed by atoms with Gasteiger partial charge in [-0.2, -0.15) is 0 Å². The number of benzene rings is 2. The molecule has 0 bridgehead atoms. The number of aromatic nitrogens is 2. The van der Waals surface area contributed by atoms with Gasteiger partial charge < -0.3 is 4.74 Å². The number of Topliss-reactive ketones (excluding diaryl/α,β-unsaturated/α-hetero) is 1. The maximum absolute atomic E-state index is 12.2. The second-order valence-electron chi connectivity index (χ2n) is 4.82. The summed E-state index contributed by atoms with van der Waals surface area (Å²) in [7, 11) is 1.63. The average Bonchev–Trinajstić information content (AvgIpc) is 2.95. The summed E-state index contributed by atoms with van der Waals surface area (Å²) in [5, 5.41) is 3.99. The third-order valence-corrected chi connectivity index (χ3v) is 3.96. The molecule has 0 aliphatic carbocycles. The predicted molar refractivity (Wildman–Crippen MR) is 82.8 cm³/mol. The Labute approximate surface area is 126 Å². The van der Waals surface area contributed by atoms with Crippen LogP contribution in [0.15, 0.2) is 42.5 Å². The fourth-order valence-corrected chi connectivity index (χ4v) is 2.82. The van der Waals surface area contributed by atoms with Crippen LogP contribution in [0.4, 0.5) is 0 Å². The highest BCUT2D eigenvalue weighted by atomic mass is 32.1. The van der Waals surface area contributed by atoms with Crippen molar-refractivity contribution in [2.24, 2.45) is 0 Å². The Bertz CT molecular complexity index is 765. The molecule has 0 aliphatic heterocycles. The van der Waals surface area contributed by atoms with Gasteiger partial charge in [0.2, 0.25) is 0 Å². The smallest absolute Gasteiger partial charge is 0.141 e. The molecule has 0 fully saturated rings. The molecule has 0 N–H and O–H groups in total. The molecule has 21 heavy (non-hydrogen) atoms. The van der Waals surface area contributed by atoms with Gasteiger partial charge in [0.05, 0.1) is 11.8 Å². The second kappa shape index (κ2) is 6.01. The van der Waals surface area contributed by atoms with Gasteiger partial charge in [-0.25, -0.2) is 0 Å². The molecule has 2 aromatic carbocycles. The molecule has 1 aromatic heterocycles. The molecule has 0 saturated heterocycles. The van der Waals surface area contributed by atoms with E-state index in [9.17, 15) is 4.79 Å². The van der Waals surface area contributed by atoms with Gasteiger partial charge in [0.25, 0.3) is 0 Å². The first-order chi connectivity index (χ1) is 10.2. The number of carbonyl (C=O) groups excluding carboxylic acids is 1.